The molecular formula is C20H28N2O6S. The number of nitrogens with one attached hydrogen (secondary N) is 1. The number of nitrogens with zero attached hydrogens (tertiary/aromatic N) is 1. The molecule has 0 bridgehead atoms. The topological polar surface area (TPSA) is 102 Å². The lowest BCUT2D eigenvalue weighted by Crippen LogP contribution is -2.35. The summed E-state index contributed by atoms with van der Waals surface area (Å²) in [6, 6.07) is 4.45. The molecule has 0 aliphatic carbocycles. The van der Waals surface area contributed by atoms with Crippen LogP contribution in [0.2, 0.25) is 0 Å². The molecule has 8 nitrogen and oxygen atoms in total. The maximum Gasteiger partial charge on any atom is 0.331 e. The SMILES string of the molecule is CCOc1ccc(NC(=O)COC(=O)C=C(C)C)cc1S(=O)(=O)N1CCCCC1. The lowest BCUT2D eigenvalue weighted by molar-refractivity contribution is -0.142. The van der Waals surface area contributed by atoms with Crippen LogP contribution >= 0.6 is 0 Å². The average molecular weight is 425 g/mol. The average Bonchev–Trinajstić information content (AvgIpc) is 2.68. The van der Waals surface area contributed by atoms with Crippen molar-refractivity contribution in [1.82, 2.24) is 4.31 Å². The number of amides is 1. The van der Waals surface area contributed by atoms with E-state index in [1.165, 1.54) is 22.5 Å². The van der Waals surface area contributed by atoms with Crippen LogP contribution in [0.15, 0.2) is 34.7 Å². The van der Waals surface area contributed by atoms with Crippen LogP contribution in [0.5, 0.6) is 5.75 Å². The Bertz CT molecular complexity index is 869. The van der Waals surface area contributed by atoms with Crippen molar-refractivity contribution < 1.29 is 27.5 Å². The number of allylic oxidation sites excluding steroid dienone is 1. The molecule has 1 aliphatic rings. The van der Waals surface area contributed by atoms with Crippen molar-refractivity contribution in [2.45, 2.75) is 44.9 Å². The highest BCUT2D eigenvalue weighted by atomic mass is 32.2. The van der Waals surface area contributed by atoms with E-state index < -0.39 is 28.5 Å². The number of esters is 1. The number of hydrogen-bond acceptors (Lipinski definition) is 6. The summed E-state index contributed by atoms with van der Waals surface area (Å²) in [5.41, 5.74) is 1.04. The van der Waals surface area contributed by atoms with Crippen LogP contribution in [0.4, 0.5) is 5.69 Å². The molecule has 0 radical (unpaired) electrons. The van der Waals surface area contributed by atoms with Crippen LogP contribution in [0.3, 0.4) is 0 Å². The fraction of sp³-hybridized carbons (Fsp3) is 0.500. The predicted octanol–water partition coefficient (Wildman–Crippen LogP) is 2.71. The fourth-order valence-corrected chi connectivity index (χ4v) is 4.59. The Morgan fingerprint density at radius 3 is 2.48 bits per heavy atom. The zero-order chi connectivity index (χ0) is 21.4. The van der Waals surface area contributed by atoms with Crippen LogP contribution in [-0.4, -0.2) is 50.9 Å². The van der Waals surface area contributed by atoms with Gasteiger partial charge in [-0.15, -0.1) is 0 Å². The first-order valence-electron chi connectivity index (χ1n) is 9.62. The van der Waals surface area contributed by atoms with E-state index in [0.717, 1.165) is 24.8 Å². The second-order valence-corrected chi connectivity index (χ2v) is 8.84. The molecule has 0 unspecified atom stereocenters. The Balaban J connectivity index is 2.18. The molecule has 1 fully saturated rings. The Morgan fingerprint density at radius 1 is 1.17 bits per heavy atom. The third-order valence-corrected chi connectivity index (χ3v) is 6.13. The maximum absolute atomic E-state index is 13.1. The van der Waals surface area contributed by atoms with Crippen molar-refractivity contribution in [3.8, 4) is 5.75 Å². The predicted molar refractivity (Wildman–Crippen MR) is 109 cm³/mol. The van der Waals surface area contributed by atoms with E-state index in [9.17, 15) is 18.0 Å². The quantitative estimate of drug-likeness (QED) is 0.509. The van der Waals surface area contributed by atoms with Crippen LogP contribution in [-0.2, 0) is 24.3 Å². The van der Waals surface area contributed by atoms with E-state index in [2.05, 4.69) is 5.32 Å². The van der Waals surface area contributed by atoms with E-state index in [0.29, 0.717) is 19.7 Å². The first-order chi connectivity index (χ1) is 13.7. The number of rotatable bonds is 8. The van der Waals surface area contributed by atoms with Crippen LogP contribution < -0.4 is 10.1 Å². The molecule has 1 saturated heterocycles. The van der Waals surface area contributed by atoms with E-state index in [4.69, 9.17) is 9.47 Å². The van der Waals surface area contributed by atoms with E-state index in [1.54, 1.807) is 26.8 Å². The summed E-state index contributed by atoms with van der Waals surface area (Å²) >= 11 is 0. The minimum absolute atomic E-state index is 0.0144. The summed E-state index contributed by atoms with van der Waals surface area (Å²) in [5, 5.41) is 2.56. The number of ether oxygens (including phenoxy) is 2. The lowest BCUT2D eigenvalue weighted by atomic mass is 10.2. The molecule has 0 atom stereocenters. The molecule has 0 aromatic heterocycles. The zero-order valence-corrected chi connectivity index (χ0v) is 17.9. The molecule has 160 valence electrons. The smallest absolute Gasteiger partial charge is 0.331 e. The lowest BCUT2D eigenvalue weighted by Gasteiger charge is -2.27. The molecule has 1 N–H and O–H groups in total. The minimum atomic E-state index is -3.75. The number of benzene rings is 1. The Kier molecular flexibility index (Phi) is 8.21. The standard InChI is InChI=1S/C20H28N2O6S/c1-4-27-17-9-8-16(21-19(23)14-28-20(24)12-15(2)3)13-18(17)29(25,26)22-10-6-5-7-11-22/h8-9,12-13H,4-7,10-11,14H2,1-3H3,(H,21,23). The van der Waals surface area contributed by atoms with Gasteiger partial charge in [0.15, 0.2) is 6.61 Å². The monoisotopic (exact) mass is 424 g/mol. The van der Waals surface area contributed by atoms with Gasteiger partial charge in [-0.25, -0.2) is 13.2 Å². The normalized spacial score (nSPS) is 14.7. The summed E-state index contributed by atoms with van der Waals surface area (Å²) in [7, 11) is -3.75. The molecular weight excluding hydrogens is 396 g/mol. The number of hydrogen-bond donors (Lipinski definition) is 1. The Hall–Kier alpha value is -2.39. The van der Waals surface area contributed by atoms with Crippen molar-refractivity contribution in [1.29, 1.82) is 0 Å². The van der Waals surface area contributed by atoms with Gasteiger partial charge in [0.1, 0.15) is 10.6 Å². The van der Waals surface area contributed by atoms with E-state index in [1.807, 2.05) is 0 Å². The molecule has 29 heavy (non-hydrogen) atoms. The maximum atomic E-state index is 13.1. The summed E-state index contributed by atoms with van der Waals surface area (Å²) in [5.74, 6) is -0.933. The van der Waals surface area contributed by atoms with Crippen molar-refractivity contribution in [3.05, 3.63) is 29.8 Å². The van der Waals surface area contributed by atoms with Gasteiger partial charge in [-0.2, -0.15) is 4.31 Å². The number of carbonyl (C=O) groups excluding carboxylic acids is 2. The fourth-order valence-electron chi connectivity index (χ4n) is 2.92. The minimum Gasteiger partial charge on any atom is -0.492 e. The molecule has 0 spiro atoms. The molecule has 1 heterocycles. The van der Waals surface area contributed by atoms with Crippen molar-refractivity contribution in [2.75, 3.05) is 31.6 Å². The highest BCUT2D eigenvalue weighted by Gasteiger charge is 2.29. The molecule has 0 saturated carbocycles. The zero-order valence-electron chi connectivity index (χ0n) is 17.1. The Labute approximate surface area is 171 Å². The second-order valence-electron chi connectivity index (χ2n) is 6.94. The summed E-state index contributed by atoms with van der Waals surface area (Å²) in [4.78, 5) is 23.6. The highest BCUT2D eigenvalue weighted by Crippen LogP contribution is 2.31. The summed E-state index contributed by atoms with van der Waals surface area (Å²) in [6.45, 7) is 6.03. The third-order valence-electron chi connectivity index (χ3n) is 4.21. The molecule has 9 heteroatoms. The number of anilines is 1. The molecule has 2 rings (SSSR count). The van der Waals surface area contributed by atoms with Gasteiger partial charge in [0.2, 0.25) is 10.0 Å². The van der Waals surface area contributed by atoms with E-state index in [-0.39, 0.29) is 16.3 Å². The number of carbonyl (C=O) groups is 2. The van der Waals surface area contributed by atoms with Crippen LogP contribution in [0.25, 0.3) is 0 Å². The number of sulfonamides is 1. The first-order valence-corrected chi connectivity index (χ1v) is 11.1. The van der Waals surface area contributed by atoms with Crippen molar-refractivity contribution in [2.24, 2.45) is 0 Å². The van der Waals surface area contributed by atoms with Gasteiger partial charge in [-0.3, -0.25) is 4.79 Å². The van der Waals surface area contributed by atoms with Gasteiger partial charge in [0, 0.05) is 24.9 Å². The largest absolute Gasteiger partial charge is 0.492 e. The van der Waals surface area contributed by atoms with Gasteiger partial charge in [0.05, 0.1) is 6.61 Å². The molecule has 1 aliphatic heterocycles. The summed E-state index contributed by atoms with van der Waals surface area (Å²) < 4.78 is 38.0. The number of piperidine rings is 1. The van der Waals surface area contributed by atoms with Gasteiger partial charge >= 0.3 is 5.97 Å². The molecule has 1 aromatic carbocycles. The first kappa shape index (κ1) is 22.9. The Morgan fingerprint density at radius 2 is 1.86 bits per heavy atom. The van der Waals surface area contributed by atoms with Crippen LogP contribution in [0, 0.1) is 0 Å². The van der Waals surface area contributed by atoms with Gasteiger partial charge < -0.3 is 14.8 Å². The highest BCUT2D eigenvalue weighted by molar-refractivity contribution is 7.89. The van der Waals surface area contributed by atoms with Gasteiger partial charge in [-0.1, -0.05) is 12.0 Å². The van der Waals surface area contributed by atoms with Crippen molar-refractivity contribution >= 4 is 27.6 Å². The third kappa shape index (κ3) is 6.57. The summed E-state index contributed by atoms with van der Waals surface area (Å²) in [6.07, 6.45) is 3.92. The molecule has 1 amide bonds. The second kappa shape index (κ2) is 10.4. The van der Waals surface area contributed by atoms with E-state index >= 15 is 0 Å². The van der Waals surface area contributed by atoms with Gasteiger partial charge in [0.25, 0.3) is 5.91 Å². The van der Waals surface area contributed by atoms with Crippen LogP contribution in [0.1, 0.15) is 40.0 Å². The molecule has 1 aromatic rings. The van der Waals surface area contributed by atoms with Crippen molar-refractivity contribution in [3.63, 3.8) is 0 Å². The van der Waals surface area contributed by atoms with Gasteiger partial charge in [-0.05, 0) is 51.8 Å².